The number of hydrogen-bond acceptors (Lipinski definition) is 3. The second kappa shape index (κ2) is 8.65. The highest BCUT2D eigenvalue weighted by Crippen LogP contribution is 2.13. The summed E-state index contributed by atoms with van der Waals surface area (Å²) in [7, 11) is 2.13. The van der Waals surface area contributed by atoms with Gasteiger partial charge in [0.15, 0.2) is 0 Å². The van der Waals surface area contributed by atoms with Crippen LogP contribution in [0.2, 0.25) is 0 Å². The molecule has 0 radical (unpaired) electrons. The van der Waals surface area contributed by atoms with E-state index in [1.165, 1.54) is 17.5 Å². The van der Waals surface area contributed by atoms with Crippen LogP contribution in [-0.4, -0.2) is 25.0 Å². The van der Waals surface area contributed by atoms with Crippen LogP contribution in [0.15, 0.2) is 47.1 Å². The number of nitrogens with zero attached hydrogens (tertiary/aromatic N) is 1. The van der Waals surface area contributed by atoms with Gasteiger partial charge in [0, 0.05) is 6.54 Å². The van der Waals surface area contributed by atoms with E-state index in [2.05, 4.69) is 48.5 Å². The van der Waals surface area contributed by atoms with Crippen LogP contribution in [0.3, 0.4) is 0 Å². The molecule has 3 heteroatoms. The van der Waals surface area contributed by atoms with Crippen molar-refractivity contribution in [3.8, 4) is 0 Å². The zero-order valence-electron chi connectivity index (χ0n) is 13.1. The Morgan fingerprint density at radius 1 is 1.00 bits per heavy atom. The molecule has 0 aliphatic carbocycles. The Bertz CT molecular complexity index is 508. The lowest BCUT2D eigenvalue weighted by atomic mass is 10.0. The summed E-state index contributed by atoms with van der Waals surface area (Å²) in [5, 5.41) is 3.47. The SMILES string of the molecule is CCCNCCc1ccccc1CN(C)Cc1ccco1. The minimum atomic E-state index is 0.843. The molecular formula is C18H26N2O. The van der Waals surface area contributed by atoms with E-state index < -0.39 is 0 Å². The van der Waals surface area contributed by atoms with Gasteiger partial charge >= 0.3 is 0 Å². The summed E-state index contributed by atoms with van der Waals surface area (Å²) in [6.45, 7) is 6.14. The van der Waals surface area contributed by atoms with E-state index in [9.17, 15) is 0 Å². The standard InChI is InChI=1S/C18H26N2O/c1-3-11-19-12-10-16-7-4-5-8-17(16)14-20(2)15-18-9-6-13-21-18/h4-9,13,19H,3,10-12,14-15H2,1-2H3. The summed E-state index contributed by atoms with van der Waals surface area (Å²) in [4.78, 5) is 2.29. The van der Waals surface area contributed by atoms with Crippen molar-refractivity contribution in [2.75, 3.05) is 20.1 Å². The van der Waals surface area contributed by atoms with Crippen LogP contribution < -0.4 is 5.32 Å². The monoisotopic (exact) mass is 286 g/mol. The summed E-state index contributed by atoms with van der Waals surface area (Å²) in [5.41, 5.74) is 2.84. The first kappa shape index (κ1) is 15.8. The summed E-state index contributed by atoms with van der Waals surface area (Å²) in [6.07, 6.45) is 4.01. The Morgan fingerprint density at radius 3 is 2.52 bits per heavy atom. The van der Waals surface area contributed by atoms with E-state index >= 15 is 0 Å². The Labute approximate surface area is 128 Å². The average Bonchev–Trinajstić information content (AvgIpc) is 2.98. The van der Waals surface area contributed by atoms with Gasteiger partial charge in [0.05, 0.1) is 12.8 Å². The lowest BCUT2D eigenvalue weighted by Gasteiger charge is -2.18. The third-order valence-electron chi connectivity index (χ3n) is 3.56. The quantitative estimate of drug-likeness (QED) is 0.716. The molecule has 2 aromatic rings. The van der Waals surface area contributed by atoms with E-state index in [0.29, 0.717) is 0 Å². The summed E-state index contributed by atoms with van der Waals surface area (Å²) >= 11 is 0. The van der Waals surface area contributed by atoms with Gasteiger partial charge in [-0.15, -0.1) is 0 Å². The summed E-state index contributed by atoms with van der Waals surface area (Å²) in [5.74, 6) is 1.01. The molecule has 0 unspecified atom stereocenters. The predicted octanol–water partition coefficient (Wildman–Crippen LogP) is 3.45. The Morgan fingerprint density at radius 2 is 1.81 bits per heavy atom. The molecule has 0 fully saturated rings. The third kappa shape index (κ3) is 5.37. The van der Waals surface area contributed by atoms with Crippen molar-refractivity contribution in [3.63, 3.8) is 0 Å². The van der Waals surface area contributed by atoms with Crippen molar-refractivity contribution in [2.24, 2.45) is 0 Å². The smallest absolute Gasteiger partial charge is 0.117 e. The first-order chi connectivity index (χ1) is 10.3. The van der Waals surface area contributed by atoms with Crippen LogP contribution in [0, 0.1) is 0 Å². The fourth-order valence-electron chi connectivity index (χ4n) is 2.50. The molecule has 1 aromatic heterocycles. The third-order valence-corrected chi connectivity index (χ3v) is 3.56. The number of hydrogen-bond donors (Lipinski definition) is 1. The highest BCUT2D eigenvalue weighted by Gasteiger charge is 2.07. The lowest BCUT2D eigenvalue weighted by molar-refractivity contribution is 0.287. The molecule has 0 aliphatic rings. The number of rotatable bonds is 9. The van der Waals surface area contributed by atoms with Crippen LogP contribution in [0.1, 0.15) is 30.2 Å². The van der Waals surface area contributed by atoms with Crippen LogP contribution in [0.5, 0.6) is 0 Å². The molecule has 0 spiro atoms. The Hall–Kier alpha value is -1.58. The fourth-order valence-corrected chi connectivity index (χ4v) is 2.50. The molecule has 1 heterocycles. The number of nitrogens with one attached hydrogen (secondary N) is 1. The van der Waals surface area contributed by atoms with Crippen molar-refractivity contribution >= 4 is 0 Å². The molecule has 1 aromatic carbocycles. The van der Waals surface area contributed by atoms with Gasteiger partial charge in [-0.25, -0.2) is 0 Å². The molecule has 1 N–H and O–H groups in total. The summed E-state index contributed by atoms with van der Waals surface area (Å²) in [6, 6.07) is 12.7. The van der Waals surface area contributed by atoms with Gasteiger partial charge in [0.25, 0.3) is 0 Å². The van der Waals surface area contributed by atoms with Gasteiger partial charge in [-0.3, -0.25) is 4.90 Å². The van der Waals surface area contributed by atoms with Gasteiger partial charge in [0.2, 0.25) is 0 Å². The van der Waals surface area contributed by atoms with Crippen molar-refractivity contribution in [1.29, 1.82) is 0 Å². The fraction of sp³-hybridized carbons (Fsp3) is 0.444. The molecule has 0 saturated carbocycles. The second-order valence-corrected chi connectivity index (χ2v) is 5.52. The van der Waals surface area contributed by atoms with Crippen LogP contribution in [0.25, 0.3) is 0 Å². The molecule has 2 rings (SSSR count). The van der Waals surface area contributed by atoms with E-state index in [0.717, 1.165) is 38.4 Å². The lowest BCUT2D eigenvalue weighted by Crippen LogP contribution is -2.20. The zero-order valence-corrected chi connectivity index (χ0v) is 13.1. The topological polar surface area (TPSA) is 28.4 Å². The van der Waals surface area contributed by atoms with E-state index in [4.69, 9.17) is 4.42 Å². The minimum absolute atomic E-state index is 0.843. The first-order valence-corrected chi connectivity index (χ1v) is 7.78. The Kier molecular flexibility index (Phi) is 6.51. The van der Waals surface area contributed by atoms with Crippen molar-refractivity contribution in [3.05, 3.63) is 59.5 Å². The van der Waals surface area contributed by atoms with Crippen molar-refractivity contribution in [2.45, 2.75) is 32.9 Å². The molecule has 0 aliphatic heterocycles. The van der Waals surface area contributed by atoms with Gasteiger partial charge < -0.3 is 9.73 Å². The molecule has 114 valence electrons. The van der Waals surface area contributed by atoms with E-state index in [-0.39, 0.29) is 0 Å². The van der Waals surface area contributed by atoms with E-state index in [1.54, 1.807) is 6.26 Å². The van der Waals surface area contributed by atoms with Gasteiger partial charge in [-0.1, -0.05) is 31.2 Å². The number of benzene rings is 1. The van der Waals surface area contributed by atoms with Gasteiger partial charge in [-0.2, -0.15) is 0 Å². The highest BCUT2D eigenvalue weighted by molar-refractivity contribution is 5.27. The number of furan rings is 1. The van der Waals surface area contributed by atoms with Crippen LogP contribution in [0.4, 0.5) is 0 Å². The largest absolute Gasteiger partial charge is 0.468 e. The maximum atomic E-state index is 5.41. The van der Waals surface area contributed by atoms with Crippen molar-refractivity contribution in [1.82, 2.24) is 10.2 Å². The molecule has 0 saturated heterocycles. The maximum absolute atomic E-state index is 5.41. The van der Waals surface area contributed by atoms with Crippen molar-refractivity contribution < 1.29 is 4.42 Å². The Balaban J connectivity index is 1.89. The predicted molar refractivity (Wildman–Crippen MR) is 87.2 cm³/mol. The van der Waals surface area contributed by atoms with E-state index in [1.807, 2.05) is 12.1 Å². The van der Waals surface area contributed by atoms with Crippen LogP contribution >= 0.6 is 0 Å². The zero-order chi connectivity index (χ0) is 14.9. The molecular weight excluding hydrogens is 260 g/mol. The normalized spacial score (nSPS) is 11.2. The van der Waals surface area contributed by atoms with Gasteiger partial charge in [0.1, 0.15) is 5.76 Å². The molecule has 0 atom stereocenters. The summed E-state index contributed by atoms with van der Waals surface area (Å²) < 4.78 is 5.41. The van der Waals surface area contributed by atoms with Crippen LogP contribution in [-0.2, 0) is 19.5 Å². The molecule has 21 heavy (non-hydrogen) atoms. The second-order valence-electron chi connectivity index (χ2n) is 5.52. The maximum Gasteiger partial charge on any atom is 0.117 e. The average molecular weight is 286 g/mol. The highest BCUT2D eigenvalue weighted by atomic mass is 16.3. The van der Waals surface area contributed by atoms with Gasteiger partial charge in [-0.05, 0) is 56.2 Å². The molecule has 0 amide bonds. The molecule has 0 bridgehead atoms. The molecule has 3 nitrogen and oxygen atoms in total. The minimum Gasteiger partial charge on any atom is -0.468 e. The first-order valence-electron chi connectivity index (χ1n) is 7.78.